The number of nitrogens with one attached hydrogen (secondary N) is 2. The number of aliphatic imine (C=N–C) groups is 1. The molecule has 2 N–H and O–H groups in total. The zero-order valence-electron chi connectivity index (χ0n) is 16.9. The van der Waals surface area contributed by atoms with Crippen molar-refractivity contribution in [1.29, 1.82) is 0 Å². The van der Waals surface area contributed by atoms with E-state index in [9.17, 15) is 8.78 Å². The number of fused-ring (bicyclic) bond motifs is 1. The predicted octanol–water partition coefficient (Wildman–Crippen LogP) is 3.32. The molecule has 0 spiro atoms. The quantitative estimate of drug-likeness (QED) is 0.368. The topological polar surface area (TPSA) is 73.3 Å². The van der Waals surface area contributed by atoms with E-state index in [0.29, 0.717) is 29.6 Å². The van der Waals surface area contributed by atoms with Gasteiger partial charge in [-0.3, -0.25) is 4.99 Å². The predicted molar refractivity (Wildman–Crippen MR) is 109 cm³/mol. The summed E-state index contributed by atoms with van der Waals surface area (Å²) in [6.07, 6.45) is 1.80. The summed E-state index contributed by atoms with van der Waals surface area (Å²) in [6.45, 7) is -1.94. The van der Waals surface area contributed by atoms with E-state index in [1.807, 2.05) is 24.3 Å². The molecule has 9 heteroatoms. The molecule has 0 saturated heterocycles. The lowest BCUT2D eigenvalue weighted by atomic mass is 10.1. The molecule has 30 heavy (non-hydrogen) atoms. The summed E-state index contributed by atoms with van der Waals surface area (Å²) < 4.78 is 45.8. The van der Waals surface area contributed by atoms with E-state index >= 15 is 0 Å². The number of aryl methyl sites for hydroxylation is 1. The molecule has 7 nitrogen and oxygen atoms in total. The van der Waals surface area contributed by atoms with Crippen LogP contribution in [0.4, 0.5) is 8.78 Å². The van der Waals surface area contributed by atoms with Crippen LogP contribution in [0.3, 0.4) is 0 Å². The number of halogens is 2. The van der Waals surface area contributed by atoms with Gasteiger partial charge >= 0.3 is 6.61 Å². The molecular formula is C21H25F2N3O4. The number of guanidine groups is 1. The Morgan fingerprint density at radius 3 is 2.53 bits per heavy atom. The SMILES string of the molecule is CN=C(NCCCc1ccc(OC)cc1)NCc1cc2c(cc1OC(F)F)OCO2. The van der Waals surface area contributed by atoms with Crippen molar-refractivity contribution in [3.8, 4) is 23.0 Å². The van der Waals surface area contributed by atoms with Gasteiger partial charge in [0.2, 0.25) is 6.79 Å². The van der Waals surface area contributed by atoms with Gasteiger partial charge in [-0.2, -0.15) is 8.78 Å². The van der Waals surface area contributed by atoms with Crippen LogP contribution in [0.5, 0.6) is 23.0 Å². The third-order valence-corrected chi connectivity index (χ3v) is 4.54. The van der Waals surface area contributed by atoms with E-state index in [2.05, 4.69) is 20.4 Å². The Morgan fingerprint density at radius 2 is 1.87 bits per heavy atom. The first-order valence-electron chi connectivity index (χ1n) is 9.54. The summed E-state index contributed by atoms with van der Waals surface area (Å²) in [5.41, 5.74) is 1.73. The molecule has 3 rings (SSSR count). The highest BCUT2D eigenvalue weighted by molar-refractivity contribution is 5.79. The van der Waals surface area contributed by atoms with Crippen molar-refractivity contribution in [1.82, 2.24) is 10.6 Å². The molecule has 2 aromatic carbocycles. The van der Waals surface area contributed by atoms with Crippen molar-refractivity contribution in [2.24, 2.45) is 4.99 Å². The van der Waals surface area contributed by atoms with E-state index in [1.165, 1.54) is 11.6 Å². The first-order chi connectivity index (χ1) is 14.6. The maximum atomic E-state index is 12.7. The van der Waals surface area contributed by atoms with Gasteiger partial charge in [0, 0.05) is 31.8 Å². The van der Waals surface area contributed by atoms with Gasteiger partial charge in [0.15, 0.2) is 17.5 Å². The van der Waals surface area contributed by atoms with E-state index in [4.69, 9.17) is 14.2 Å². The zero-order chi connectivity index (χ0) is 21.3. The van der Waals surface area contributed by atoms with Gasteiger partial charge < -0.3 is 29.6 Å². The maximum absolute atomic E-state index is 12.7. The average Bonchev–Trinajstić information content (AvgIpc) is 3.20. The molecule has 0 unspecified atom stereocenters. The van der Waals surface area contributed by atoms with Crippen LogP contribution in [0.25, 0.3) is 0 Å². The Balaban J connectivity index is 1.50. The molecule has 1 aliphatic heterocycles. The first-order valence-corrected chi connectivity index (χ1v) is 9.54. The number of benzene rings is 2. The van der Waals surface area contributed by atoms with Crippen molar-refractivity contribution >= 4 is 5.96 Å². The third kappa shape index (κ3) is 5.88. The second kappa shape index (κ2) is 10.5. The molecule has 0 aromatic heterocycles. The molecule has 162 valence electrons. The summed E-state index contributed by atoms with van der Waals surface area (Å²) in [5, 5.41) is 6.32. The van der Waals surface area contributed by atoms with E-state index in [1.54, 1.807) is 20.2 Å². The minimum absolute atomic E-state index is 0.0386. The summed E-state index contributed by atoms with van der Waals surface area (Å²) >= 11 is 0. The van der Waals surface area contributed by atoms with Crippen LogP contribution in [0, 0.1) is 0 Å². The minimum atomic E-state index is -2.93. The Bertz CT molecular complexity index is 860. The smallest absolute Gasteiger partial charge is 0.387 e. The molecule has 0 atom stereocenters. The van der Waals surface area contributed by atoms with Crippen LogP contribution < -0.4 is 29.6 Å². The molecule has 2 aromatic rings. The molecule has 0 saturated carbocycles. The number of hydrogen-bond acceptors (Lipinski definition) is 5. The molecule has 0 bridgehead atoms. The summed E-state index contributed by atoms with van der Waals surface area (Å²) in [7, 11) is 3.29. The van der Waals surface area contributed by atoms with Gasteiger partial charge in [-0.05, 0) is 36.6 Å². The second-order valence-corrected chi connectivity index (χ2v) is 6.50. The van der Waals surface area contributed by atoms with Crippen molar-refractivity contribution in [3.05, 3.63) is 47.5 Å². The molecule has 0 fully saturated rings. The van der Waals surface area contributed by atoms with Gasteiger partial charge in [0.1, 0.15) is 11.5 Å². The van der Waals surface area contributed by atoms with E-state index < -0.39 is 6.61 Å². The molecule has 0 aliphatic carbocycles. The highest BCUT2D eigenvalue weighted by Gasteiger charge is 2.20. The number of rotatable bonds is 9. The molecule has 0 radical (unpaired) electrons. The number of methoxy groups -OCH3 is 1. The number of ether oxygens (including phenoxy) is 4. The van der Waals surface area contributed by atoms with Crippen LogP contribution in [0.1, 0.15) is 17.5 Å². The van der Waals surface area contributed by atoms with Crippen LogP contribution in [0.15, 0.2) is 41.4 Å². The minimum Gasteiger partial charge on any atom is -0.497 e. The highest BCUT2D eigenvalue weighted by atomic mass is 19.3. The Hall–Kier alpha value is -3.23. The molecule has 1 aliphatic rings. The largest absolute Gasteiger partial charge is 0.497 e. The fraction of sp³-hybridized carbons (Fsp3) is 0.381. The first kappa shape index (κ1) is 21.5. The number of nitrogens with zero attached hydrogens (tertiary/aromatic N) is 1. The van der Waals surface area contributed by atoms with Gasteiger partial charge in [0.25, 0.3) is 0 Å². The maximum Gasteiger partial charge on any atom is 0.387 e. The summed E-state index contributed by atoms with van der Waals surface area (Å²) in [6, 6.07) is 11.0. The van der Waals surface area contributed by atoms with Gasteiger partial charge in [0.05, 0.1) is 7.11 Å². The monoisotopic (exact) mass is 421 g/mol. The van der Waals surface area contributed by atoms with Crippen LogP contribution in [0.2, 0.25) is 0 Å². The van der Waals surface area contributed by atoms with Crippen molar-refractivity contribution < 1.29 is 27.7 Å². The van der Waals surface area contributed by atoms with Crippen molar-refractivity contribution in [2.75, 3.05) is 27.5 Å². The standard InChI is InChI=1S/C21H25F2N3O4/c1-24-21(25-9-3-4-14-5-7-16(27-2)8-6-14)26-12-15-10-18-19(29-13-28-18)11-17(15)30-20(22)23/h5-8,10-11,20H,3-4,9,12-13H2,1-2H3,(H2,24,25,26). The van der Waals surface area contributed by atoms with Crippen LogP contribution in [-0.4, -0.2) is 40.1 Å². The second-order valence-electron chi connectivity index (χ2n) is 6.50. The van der Waals surface area contributed by atoms with Crippen molar-refractivity contribution in [2.45, 2.75) is 26.0 Å². The van der Waals surface area contributed by atoms with Crippen LogP contribution >= 0.6 is 0 Å². The number of hydrogen-bond donors (Lipinski definition) is 2. The lowest BCUT2D eigenvalue weighted by Crippen LogP contribution is -2.37. The normalized spacial score (nSPS) is 12.8. The lowest BCUT2D eigenvalue weighted by Gasteiger charge is -2.15. The molecule has 0 amide bonds. The fourth-order valence-electron chi connectivity index (χ4n) is 3.00. The Kier molecular flexibility index (Phi) is 7.53. The summed E-state index contributed by atoms with van der Waals surface area (Å²) in [5.74, 6) is 2.31. The van der Waals surface area contributed by atoms with Crippen molar-refractivity contribution in [3.63, 3.8) is 0 Å². The highest BCUT2D eigenvalue weighted by Crippen LogP contribution is 2.38. The number of alkyl halides is 2. The molecular weight excluding hydrogens is 396 g/mol. The van der Waals surface area contributed by atoms with Gasteiger partial charge in [-0.15, -0.1) is 0 Å². The van der Waals surface area contributed by atoms with E-state index in [-0.39, 0.29) is 19.1 Å². The van der Waals surface area contributed by atoms with Gasteiger partial charge in [-0.1, -0.05) is 12.1 Å². The third-order valence-electron chi connectivity index (χ3n) is 4.54. The zero-order valence-corrected chi connectivity index (χ0v) is 16.9. The average molecular weight is 421 g/mol. The van der Waals surface area contributed by atoms with E-state index in [0.717, 1.165) is 18.6 Å². The lowest BCUT2D eigenvalue weighted by molar-refractivity contribution is -0.0505. The van der Waals surface area contributed by atoms with Crippen LogP contribution in [-0.2, 0) is 13.0 Å². The fourth-order valence-corrected chi connectivity index (χ4v) is 3.00. The van der Waals surface area contributed by atoms with Gasteiger partial charge in [-0.25, -0.2) is 0 Å². The summed E-state index contributed by atoms with van der Waals surface area (Å²) in [4.78, 5) is 4.17. The molecule has 1 heterocycles. The Labute approximate surface area is 174 Å². The Morgan fingerprint density at radius 1 is 1.13 bits per heavy atom.